The Bertz CT molecular complexity index is 1610. The summed E-state index contributed by atoms with van der Waals surface area (Å²) in [7, 11) is 0. The van der Waals surface area contributed by atoms with Gasteiger partial charge in [-0.05, 0) is 306 Å². The lowest BCUT2D eigenvalue weighted by molar-refractivity contribution is -0.106. The molecule has 10 aliphatic rings. The van der Waals surface area contributed by atoms with Crippen molar-refractivity contribution in [3.05, 3.63) is 0 Å². The molecule has 10 saturated carbocycles. The Balaban J connectivity index is 0.774. The van der Waals surface area contributed by atoms with Crippen LogP contribution < -0.4 is 0 Å². The highest BCUT2D eigenvalue weighted by molar-refractivity contribution is 5.06. The molecule has 0 spiro atoms. The van der Waals surface area contributed by atoms with Crippen molar-refractivity contribution in [3.63, 3.8) is 0 Å². The second-order valence-electron chi connectivity index (χ2n) is 30.5. The quantitative estimate of drug-likeness (QED) is 0.183. The van der Waals surface area contributed by atoms with Crippen molar-refractivity contribution in [1.82, 2.24) is 0 Å². The topological polar surface area (TPSA) is 0 Å². The van der Waals surface area contributed by atoms with Crippen LogP contribution in [-0.4, -0.2) is 0 Å². The molecule has 0 amide bonds. The maximum atomic E-state index is 2.85. The van der Waals surface area contributed by atoms with Crippen molar-refractivity contribution in [2.75, 3.05) is 0 Å². The van der Waals surface area contributed by atoms with Gasteiger partial charge in [-0.15, -0.1) is 0 Å². The maximum absolute atomic E-state index is 2.85. The molecule has 0 radical (unpaired) electrons. The average Bonchev–Trinajstić information content (AvgIpc) is 3.37. The maximum Gasteiger partial charge on any atom is -0.0349 e. The van der Waals surface area contributed by atoms with Crippen molar-refractivity contribution < 1.29 is 0 Å². The van der Waals surface area contributed by atoms with Crippen LogP contribution in [0.15, 0.2) is 0 Å². The Morgan fingerprint density at radius 3 is 1.48 bits per heavy atom. The van der Waals surface area contributed by atoms with E-state index in [1.54, 1.807) is 135 Å². The van der Waals surface area contributed by atoms with Crippen LogP contribution in [0.4, 0.5) is 0 Å². The van der Waals surface area contributed by atoms with Crippen LogP contribution in [0.1, 0.15) is 256 Å². The summed E-state index contributed by atoms with van der Waals surface area (Å²) in [4.78, 5) is 0. The second-order valence-corrected chi connectivity index (χ2v) is 30.5. The summed E-state index contributed by atoms with van der Waals surface area (Å²) in [6.45, 7) is 31.6. The third kappa shape index (κ3) is 9.90. The predicted molar refractivity (Wildman–Crippen MR) is 297 cm³/mol. The molecule has 0 aliphatic heterocycles. The fourth-order valence-corrected chi connectivity index (χ4v) is 24.7. The Morgan fingerprint density at radius 1 is 0.261 bits per heavy atom. The van der Waals surface area contributed by atoms with Gasteiger partial charge in [0.05, 0.1) is 0 Å². The van der Waals surface area contributed by atoms with Crippen molar-refractivity contribution in [2.45, 2.75) is 256 Å². The molecule has 0 nitrogen and oxygen atoms in total. The van der Waals surface area contributed by atoms with Crippen LogP contribution in [0.3, 0.4) is 0 Å². The molecular formula is C69H120. The molecule has 0 heterocycles. The smallest absolute Gasteiger partial charge is 0.0349 e. The number of fused-ring (bicyclic) bond motifs is 9. The summed E-state index contributed by atoms with van der Waals surface area (Å²) >= 11 is 0. The van der Waals surface area contributed by atoms with E-state index in [2.05, 4.69) is 83.1 Å². The number of hydrogen-bond donors (Lipinski definition) is 0. The lowest BCUT2D eigenvalue weighted by atomic mass is 9.45. The predicted octanol–water partition coefficient (Wildman–Crippen LogP) is 20.4. The highest BCUT2D eigenvalue weighted by atomic mass is 14.6. The molecule has 30 atom stereocenters. The van der Waals surface area contributed by atoms with Crippen LogP contribution >= 0.6 is 0 Å². The molecule has 30 unspecified atom stereocenters. The molecule has 0 aromatic rings. The minimum Gasteiger partial charge on any atom is -0.0651 e. The lowest BCUT2D eigenvalue weighted by Crippen LogP contribution is -2.52. The molecule has 69 heavy (non-hydrogen) atoms. The molecule has 0 N–H and O–H groups in total. The minimum atomic E-state index is 0.903. The van der Waals surface area contributed by atoms with E-state index >= 15 is 0 Å². The van der Waals surface area contributed by atoms with E-state index in [1.807, 2.05) is 0 Å². The van der Waals surface area contributed by atoms with Crippen LogP contribution in [0.2, 0.25) is 0 Å². The average molecular weight is 950 g/mol. The van der Waals surface area contributed by atoms with Crippen LogP contribution in [0.5, 0.6) is 0 Å². The van der Waals surface area contributed by atoms with Crippen LogP contribution in [0, 0.1) is 178 Å². The van der Waals surface area contributed by atoms with Crippen molar-refractivity contribution in [3.8, 4) is 0 Å². The fourth-order valence-electron chi connectivity index (χ4n) is 24.7. The van der Waals surface area contributed by atoms with Crippen LogP contribution in [0.25, 0.3) is 0 Å². The number of hydrogen-bond acceptors (Lipinski definition) is 0. The van der Waals surface area contributed by atoms with Gasteiger partial charge in [0.2, 0.25) is 0 Å². The molecule has 396 valence electrons. The Morgan fingerprint density at radius 2 is 0.783 bits per heavy atom. The second kappa shape index (κ2) is 22.3. The van der Waals surface area contributed by atoms with Gasteiger partial charge in [-0.2, -0.15) is 0 Å². The Labute approximate surface area is 431 Å². The molecular weight excluding hydrogens is 829 g/mol. The third-order valence-corrected chi connectivity index (χ3v) is 29.2. The first-order chi connectivity index (χ1) is 33.3. The van der Waals surface area contributed by atoms with Gasteiger partial charge in [-0.3, -0.25) is 0 Å². The summed E-state index contributed by atoms with van der Waals surface area (Å²) < 4.78 is 0. The highest BCUT2D eigenvalue weighted by Crippen LogP contribution is 2.65. The van der Waals surface area contributed by atoms with Crippen molar-refractivity contribution in [2.24, 2.45) is 178 Å². The van der Waals surface area contributed by atoms with Gasteiger partial charge in [0.1, 0.15) is 0 Å². The molecule has 0 saturated heterocycles. The molecule has 0 bridgehead atoms. The first kappa shape index (κ1) is 52.4. The van der Waals surface area contributed by atoms with Gasteiger partial charge < -0.3 is 0 Å². The van der Waals surface area contributed by atoms with Gasteiger partial charge in [0, 0.05) is 0 Å². The standard InChI is InChI=1S/C69H120/c1-13-49-21-23-52(46(11)57(49)15-3)34-48-20-28-60-55(35-48)27-29-63-62(60)32-33-64-61-19-17-18-51(59(61)30-31-65(63)64)22-24-54-37-56(26-25-53-36-50(14-2)42(7)40(5)43(53)8)68-39-69-58(16-4)44(9)41(6)45(10)66(69)38-67(68)47(54)12/h40-69H,13-39H2,1-12H3. The molecule has 10 rings (SSSR count). The van der Waals surface area contributed by atoms with Gasteiger partial charge in [-0.1, -0.05) is 128 Å². The fraction of sp³-hybridized carbons (Fsp3) is 1.00. The van der Waals surface area contributed by atoms with Crippen molar-refractivity contribution >= 4 is 0 Å². The zero-order chi connectivity index (χ0) is 48.4. The zero-order valence-electron chi connectivity index (χ0n) is 48.4. The Kier molecular flexibility index (Phi) is 16.9. The molecule has 0 aromatic carbocycles. The third-order valence-electron chi connectivity index (χ3n) is 29.2. The Hall–Kier alpha value is 0. The first-order valence-corrected chi connectivity index (χ1v) is 33.3. The SMILES string of the molecule is CCC1CC(CCC2CC(CCC3CCCC4C3CCC3C4CCC4C5CCC(CC6CCC(CC)C(CC)C6C)CC5CCC43)C(C)C3CC4C(C)C(C)C(C)C(CC)C4CC23)C(C)C(C)C1C. The normalized spacial score (nSPS) is 55.3. The van der Waals surface area contributed by atoms with E-state index in [1.165, 1.54) is 38.5 Å². The molecule has 0 heteroatoms. The molecule has 0 aromatic heterocycles. The highest BCUT2D eigenvalue weighted by Gasteiger charge is 2.56. The monoisotopic (exact) mass is 949 g/mol. The van der Waals surface area contributed by atoms with Gasteiger partial charge in [0.25, 0.3) is 0 Å². The van der Waals surface area contributed by atoms with Gasteiger partial charge >= 0.3 is 0 Å². The summed E-state index contributed by atoms with van der Waals surface area (Å²) in [5.74, 6) is 30.4. The van der Waals surface area contributed by atoms with Gasteiger partial charge in [-0.25, -0.2) is 0 Å². The first-order valence-electron chi connectivity index (χ1n) is 33.3. The summed E-state index contributed by atoms with van der Waals surface area (Å²) in [6, 6.07) is 0. The largest absolute Gasteiger partial charge is 0.0651 e. The van der Waals surface area contributed by atoms with Crippen LogP contribution in [-0.2, 0) is 0 Å². The van der Waals surface area contributed by atoms with E-state index in [0.717, 1.165) is 178 Å². The van der Waals surface area contributed by atoms with Gasteiger partial charge in [0.15, 0.2) is 0 Å². The van der Waals surface area contributed by atoms with E-state index < -0.39 is 0 Å². The van der Waals surface area contributed by atoms with E-state index in [4.69, 9.17) is 0 Å². The lowest BCUT2D eigenvalue weighted by Gasteiger charge is -2.60. The molecule has 10 aliphatic carbocycles. The summed E-state index contributed by atoms with van der Waals surface area (Å²) in [6.07, 6.45) is 42.5. The van der Waals surface area contributed by atoms with E-state index in [9.17, 15) is 0 Å². The zero-order valence-corrected chi connectivity index (χ0v) is 48.4. The van der Waals surface area contributed by atoms with E-state index in [-0.39, 0.29) is 0 Å². The minimum absolute atomic E-state index is 0.903. The molecule has 10 fully saturated rings. The van der Waals surface area contributed by atoms with E-state index in [0.29, 0.717) is 0 Å². The number of rotatable bonds is 12. The van der Waals surface area contributed by atoms with Crippen molar-refractivity contribution in [1.29, 1.82) is 0 Å². The summed E-state index contributed by atoms with van der Waals surface area (Å²) in [5.41, 5.74) is 0. The summed E-state index contributed by atoms with van der Waals surface area (Å²) in [5, 5.41) is 0.